The number of benzene rings is 2. The molecule has 0 radical (unpaired) electrons. The number of anilines is 1. The Morgan fingerprint density at radius 2 is 1.83 bits per heavy atom. The lowest BCUT2D eigenvalue weighted by Crippen LogP contribution is -2.67. The zero-order chi connectivity index (χ0) is 24.6. The number of fused-ring (bicyclic) bond motifs is 4. The third kappa shape index (κ3) is 3.24. The average molecular weight is 475 g/mol. The minimum atomic E-state index is -0.525. The van der Waals surface area contributed by atoms with Crippen molar-refractivity contribution < 1.29 is 15.0 Å². The van der Waals surface area contributed by atoms with E-state index in [0.29, 0.717) is 6.42 Å². The first-order valence-electron chi connectivity index (χ1n) is 13.3. The van der Waals surface area contributed by atoms with Crippen molar-refractivity contribution in [2.45, 2.75) is 76.5 Å². The summed E-state index contributed by atoms with van der Waals surface area (Å²) in [4.78, 5) is 13.4. The Morgan fingerprint density at radius 3 is 2.66 bits per heavy atom. The molecule has 5 nitrogen and oxygen atoms in total. The molecule has 4 aliphatic rings. The lowest BCUT2D eigenvalue weighted by molar-refractivity contribution is -0.195. The molecule has 0 aliphatic heterocycles. The van der Waals surface area contributed by atoms with Gasteiger partial charge in [-0.2, -0.15) is 0 Å². The molecule has 8 atom stereocenters. The van der Waals surface area contributed by atoms with E-state index in [2.05, 4.69) is 43.2 Å². The van der Waals surface area contributed by atoms with Gasteiger partial charge in [0.05, 0.1) is 17.9 Å². The maximum atomic E-state index is 13.4. The Balaban J connectivity index is 1.28. The Morgan fingerprint density at radius 1 is 1.06 bits per heavy atom. The van der Waals surface area contributed by atoms with Crippen LogP contribution in [0.2, 0.25) is 0 Å². The highest BCUT2D eigenvalue weighted by Gasteiger charge is 2.69. The van der Waals surface area contributed by atoms with Gasteiger partial charge in [-0.05, 0) is 85.6 Å². The van der Waals surface area contributed by atoms with Crippen molar-refractivity contribution in [1.29, 1.82) is 0 Å². The molecule has 2 aromatic rings. The van der Waals surface area contributed by atoms with Crippen molar-refractivity contribution in [3.63, 3.8) is 0 Å². The molecule has 0 aromatic heterocycles. The van der Waals surface area contributed by atoms with Crippen molar-refractivity contribution in [2.75, 3.05) is 5.32 Å². The molecule has 4 N–H and O–H groups in total. The number of aliphatic hydroxyl groups excluding tert-OH is 2. The number of carbonyl (C=O) groups is 1. The maximum Gasteiger partial charge on any atom is 0.319 e. The molecule has 186 valence electrons. The number of amides is 2. The number of carbonyl (C=O) groups excluding carboxylic acids is 1. The highest BCUT2D eigenvalue weighted by atomic mass is 16.3. The number of urea groups is 1. The molecule has 4 aliphatic carbocycles. The van der Waals surface area contributed by atoms with E-state index < -0.39 is 12.2 Å². The monoisotopic (exact) mass is 474 g/mol. The molecule has 1 spiro atoms. The molecule has 0 saturated heterocycles. The van der Waals surface area contributed by atoms with Gasteiger partial charge in [0, 0.05) is 16.3 Å². The summed E-state index contributed by atoms with van der Waals surface area (Å²) >= 11 is 0. The number of hydrogen-bond donors (Lipinski definition) is 4. The Labute approximate surface area is 208 Å². The third-order valence-electron chi connectivity index (χ3n) is 10.6. The molecular formula is C30H38N2O3. The van der Waals surface area contributed by atoms with Crippen LogP contribution < -0.4 is 10.6 Å². The molecule has 35 heavy (non-hydrogen) atoms. The van der Waals surface area contributed by atoms with Gasteiger partial charge in [0.2, 0.25) is 0 Å². The summed E-state index contributed by atoms with van der Waals surface area (Å²) in [6.07, 6.45) is 5.47. The number of aliphatic hydroxyl groups is 2. The third-order valence-corrected chi connectivity index (χ3v) is 10.6. The van der Waals surface area contributed by atoms with Crippen molar-refractivity contribution in [3.05, 3.63) is 54.6 Å². The summed E-state index contributed by atoms with van der Waals surface area (Å²) in [6.45, 7) is 8.74. The van der Waals surface area contributed by atoms with Crippen LogP contribution >= 0.6 is 0 Å². The number of hydrogen-bond acceptors (Lipinski definition) is 3. The van der Waals surface area contributed by atoms with Crippen molar-refractivity contribution in [3.8, 4) is 0 Å². The molecule has 4 saturated carbocycles. The van der Waals surface area contributed by atoms with Gasteiger partial charge < -0.3 is 20.8 Å². The van der Waals surface area contributed by atoms with Crippen LogP contribution in [0, 0.1) is 28.6 Å². The van der Waals surface area contributed by atoms with Gasteiger partial charge in [-0.3, -0.25) is 0 Å². The Hall–Kier alpha value is -2.37. The molecule has 5 heteroatoms. The predicted molar refractivity (Wildman–Crippen MR) is 139 cm³/mol. The zero-order valence-corrected chi connectivity index (χ0v) is 20.9. The lowest BCUT2D eigenvalue weighted by Gasteiger charge is -2.65. The van der Waals surface area contributed by atoms with Crippen LogP contribution in [0.4, 0.5) is 10.5 Å². The molecule has 4 fully saturated rings. The highest BCUT2D eigenvalue weighted by Crippen LogP contribution is 2.70. The van der Waals surface area contributed by atoms with Gasteiger partial charge in [0.15, 0.2) is 0 Å². The van der Waals surface area contributed by atoms with Crippen molar-refractivity contribution in [1.82, 2.24) is 5.32 Å². The molecular weight excluding hydrogens is 436 g/mol. The van der Waals surface area contributed by atoms with Gasteiger partial charge in [-0.1, -0.05) is 56.3 Å². The van der Waals surface area contributed by atoms with Crippen LogP contribution in [0.5, 0.6) is 0 Å². The largest absolute Gasteiger partial charge is 0.393 e. The van der Waals surface area contributed by atoms with E-state index in [0.717, 1.165) is 60.6 Å². The van der Waals surface area contributed by atoms with Crippen LogP contribution in [0.1, 0.15) is 58.8 Å². The summed E-state index contributed by atoms with van der Waals surface area (Å²) < 4.78 is 0. The van der Waals surface area contributed by atoms with Crippen LogP contribution in [0.15, 0.2) is 54.6 Å². The van der Waals surface area contributed by atoms with E-state index in [1.807, 2.05) is 30.3 Å². The Bertz CT molecular complexity index is 1190. The second kappa shape index (κ2) is 7.81. The van der Waals surface area contributed by atoms with Crippen molar-refractivity contribution >= 4 is 22.5 Å². The minimum absolute atomic E-state index is 0.0294. The van der Waals surface area contributed by atoms with Crippen LogP contribution in [-0.2, 0) is 0 Å². The van der Waals surface area contributed by atoms with E-state index in [-0.39, 0.29) is 40.2 Å². The van der Waals surface area contributed by atoms with Crippen LogP contribution in [0.3, 0.4) is 0 Å². The van der Waals surface area contributed by atoms with Gasteiger partial charge in [-0.25, -0.2) is 4.79 Å². The van der Waals surface area contributed by atoms with Gasteiger partial charge >= 0.3 is 6.03 Å². The van der Waals surface area contributed by atoms with E-state index in [1.165, 1.54) is 0 Å². The summed E-state index contributed by atoms with van der Waals surface area (Å²) in [5, 5.41) is 31.4. The van der Waals surface area contributed by atoms with Gasteiger partial charge in [0.1, 0.15) is 0 Å². The SMILES string of the molecule is C=C1[C@H]2C[C@H](O)[C@H]3[C@]4(C)CCC[C@@](C)(NC(=O)Nc5cccc6ccccc56)[C@H]4CC[C@]3(C2)[C@@H]1O. The van der Waals surface area contributed by atoms with E-state index in [4.69, 9.17) is 0 Å². The normalized spacial score (nSPS) is 42.3. The fraction of sp³-hybridized carbons (Fsp3) is 0.567. The molecule has 2 bridgehead atoms. The maximum absolute atomic E-state index is 13.4. The standard InChI is InChI=1S/C30H38N2O3/c1-18-20-16-23(33)25-28(2)13-7-14-29(3,24(28)12-15-30(25,17-20)26(18)34)32-27(35)31-22-11-6-9-19-8-4-5-10-21(19)22/h4-6,8-11,20,23-26,33-34H,1,7,12-17H2,2-3H3,(H2,31,32,35)/t20-,23-,24-,25-,26+,28+,29+,30+/m0/s1. The summed E-state index contributed by atoms with van der Waals surface area (Å²) in [5.74, 6) is 0.502. The summed E-state index contributed by atoms with van der Waals surface area (Å²) in [6, 6.07) is 13.9. The minimum Gasteiger partial charge on any atom is -0.393 e. The second-order valence-corrected chi connectivity index (χ2v) is 12.4. The second-order valence-electron chi connectivity index (χ2n) is 12.4. The predicted octanol–water partition coefficient (Wildman–Crippen LogP) is 5.62. The molecule has 2 aromatic carbocycles. The quantitative estimate of drug-likeness (QED) is 0.426. The first-order chi connectivity index (χ1) is 16.7. The zero-order valence-electron chi connectivity index (χ0n) is 20.9. The molecule has 2 amide bonds. The first-order valence-corrected chi connectivity index (χ1v) is 13.3. The summed E-state index contributed by atoms with van der Waals surface area (Å²) in [7, 11) is 0. The van der Waals surface area contributed by atoms with E-state index in [1.54, 1.807) is 0 Å². The average Bonchev–Trinajstić information content (AvgIpc) is 2.99. The summed E-state index contributed by atoms with van der Waals surface area (Å²) in [5.41, 5.74) is 0.953. The topological polar surface area (TPSA) is 81.6 Å². The van der Waals surface area contributed by atoms with Gasteiger partial charge in [-0.15, -0.1) is 0 Å². The number of rotatable bonds is 2. The lowest BCUT2D eigenvalue weighted by atomic mass is 9.41. The first kappa shape index (κ1) is 23.1. The number of nitrogens with one attached hydrogen (secondary N) is 2. The Kier molecular flexibility index (Phi) is 5.15. The van der Waals surface area contributed by atoms with Crippen molar-refractivity contribution in [2.24, 2.45) is 28.6 Å². The van der Waals surface area contributed by atoms with E-state index in [9.17, 15) is 15.0 Å². The highest BCUT2D eigenvalue weighted by molar-refractivity contribution is 6.01. The fourth-order valence-corrected chi connectivity index (χ4v) is 9.37. The van der Waals surface area contributed by atoms with Crippen LogP contribution in [0.25, 0.3) is 10.8 Å². The van der Waals surface area contributed by atoms with Crippen LogP contribution in [-0.4, -0.2) is 34.0 Å². The van der Waals surface area contributed by atoms with E-state index >= 15 is 0 Å². The van der Waals surface area contributed by atoms with Gasteiger partial charge in [0.25, 0.3) is 0 Å². The fourth-order valence-electron chi connectivity index (χ4n) is 9.37. The molecule has 6 rings (SSSR count). The molecule has 0 unspecified atom stereocenters. The smallest absolute Gasteiger partial charge is 0.319 e. The molecule has 0 heterocycles.